The van der Waals surface area contributed by atoms with Crippen molar-refractivity contribution in [3.05, 3.63) is 60.2 Å². The molecule has 0 radical (unpaired) electrons. The van der Waals surface area contributed by atoms with Crippen LogP contribution in [0.25, 0.3) is 11.0 Å². The van der Waals surface area contributed by atoms with Crippen molar-refractivity contribution in [3.8, 4) is 0 Å². The van der Waals surface area contributed by atoms with Crippen molar-refractivity contribution in [2.75, 3.05) is 0 Å². The number of carboxylic acid groups (broad SMARTS) is 1. The fraction of sp³-hybridized carbons (Fsp3) is 0.222. The molecule has 0 aliphatic carbocycles. The van der Waals surface area contributed by atoms with Crippen LogP contribution in [0, 0.1) is 6.92 Å². The van der Waals surface area contributed by atoms with Crippen LogP contribution < -0.4 is 0 Å². The summed E-state index contributed by atoms with van der Waals surface area (Å²) in [7, 11) is 0. The highest BCUT2D eigenvalue weighted by atomic mass is 16.4. The Hall–Kier alpha value is -3.02. The Morgan fingerprint density at radius 2 is 1.92 bits per heavy atom. The summed E-state index contributed by atoms with van der Waals surface area (Å²) in [6.07, 6.45) is 3.23. The zero-order valence-corrected chi connectivity index (χ0v) is 13.4. The highest BCUT2D eigenvalue weighted by molar-refractivity contribution is 6.14. The number of rotatable bonds is 5. The number of carbonyl (C=O) groups excluding carboxylic acids is 1. The molecule has 6 nitrogen and oxygen atoms in total. The van der Waals surface area contributed by atoms with E-state index in [1.807, 2.05) is 0 Å². The minimum atomic E-state index is -1.75. The molecule has 1 aromatic carbocycles. The maximum absolute atomic E-state index is 13.2. The predicted molar refractivity (Wildman–Crippen MR) is 88.9 cm³/mol. The summed E-state index contributed by atoms with van der Waals surface area (Å²) in [6, 6.07) is 10.2. The first-order chi connectivity index (χ1) is 11.5. The van der Waals surface area contributed by atoms with Crippen LogP contribution in [0.3, 0.4) is 0 Å². The molecule has 1 atom stereocenters. The van der Waals surface area contributed by atoms with Crippen LogP contribution in [-0.2, 0) is 10.3 Å². The van der Waals surface area contributed by atoms with Crippen molar-refractivity contribution in [2.24, 2.45) is 0 Å². The van der Waals surface area contributed by atoms with Crippen molar-refractivity contribution >= 4 is 22.8 Å². The lowest BCUT2D eigenvalue weighted by Crippen LogP contribution is -2.49. The fourth-order valence-electron chi connectivity index (χ4n) is 3.13. The number of fused-ring (bicyclic) bond motifs is 1. The van der Waals surface area contributed by atoms with Gasteiger partial charge in [-0.25, -0.2) is 9.78 Å². The lowest BCUT2D eigenvalue weighted by molar-refractivity contribution is -0.144. The van der Waals surface area contributed by atoms with E-state index in [1.54, 1.807) is 62.6 Å². The number of carboxylic acids is 1. The first-order valence-electron chi connectivity index (χ1n) is 7.65. The predicted octanol–water partition coefficient (Wildman–Crippen LogP) is 2.81. The van der Waals surface area contributed by atoms with Crippen LogP contribution in [0.2, 0.25) is 0 Å². The molecular formula is C18H17N3O3. The van der Waals surface area contributed by atoms with E-state index in [9.17, 15) is 14.7 Å². The minimum Gasteiger partial charge on any atom is -0.479 e. The molecule has 0 spiro atoms. The zero-order chi connectivity index (χ0) is 17.3. The lowest BCUT2D eigenvalue weighted by atomic mass is 9.86. The number of pyridine rings is 1. The van der Waals surface area contributed by atoms with Gasteiger partial charge in [0.15, 0.2) is 5.78 Å². The maximum atomic E-state index is 13.2. The van der Waals surface area contributed by atoms with Gasteiger partial charge in [-0.3, -0.25) is 9.78 Å². The molecule has 0 aliphatic heterocycles. The number of carbonyl (C=O) groups is 2. The molecule has 2 aromatic heterocycles. The van der Waals surface area contributed by atoms with Gasteiger partial charge >= 0.3 is 5.97 Å². The first-order valence-corrected chi connectivity index (χ1v) is 7.65. The van der Waals surface area contributed by atoms with Gasteiger partial charge in [-0.2, -0.15) is 0 Å². The monoisotopic (exact) mass is 323 g/mol. The van der Waals surface area contributed by atoms with E-state index in [4.69, 9.17) is 0 Å². The largest absolute Gasteiger partial charge is 0.479 e. The van der Waals surface area contributed by atoms with Gasteiger partial charge in [0.05, 0.1) is 11.7 Å². The van der Waals surface area contributed by atoms with Crippen LogP contribution in [-0.4, -0.2) is 31.4 Å². The molecule has 0 saturated heterocycles. The molecule has 122 valence electrons. The Labute approximate surface area is 138 Å². The minimum absolute atomic E-state index is 0.102. The Bertz CT molecular complexity index is 918. The molecule has 0 amide bonds. The maximum Gasteiger partial charge on any atom is 0.338 e. The van der Waals surface area contributed by atoms with Crippen LogP contribution >= 0.6 is 0 Å². The highest BCUT2D eigenvalue weighted by Gasteiger charge is 2.48. The van der Waals surface area contributed by atoms with Crippen LogP contribution in [0.1, 0.15) is 29.5 Å². The molecule has 1 N–H and O–H groups in total. The number of ketones is 1. The molecule has 0 saturated carbocycles. The summed E-state index contributed by atoms with van der Waals surface area (Å²) >= 11 is 0. The summed E-state index contributed by atoms with van der Waals surface area (Å²) in [5.74, 6) is -1.19. The van der Waals surface area contributed by atoms with Gasteiger partial charge in [0.25, 0.3) is 0 Å². The molecule has 0 fully saturated rings. The number of nitrogens with zero attached hydrogens (tertiary/aromatic N) is 3. The molecule has 24 heavy (non-hydrogen) atoms. The van der Waals surface area contributed by atoms with Gasteiger partial charge < -0.3 is 9.67 Å². The van der Waals surface area contributed by atoms with Crippen LogP contribution in [0.5, 0.6) is 0 Å². The van der Waals surface area contributed by atoms with Crippen LogP contribution in [0.15, 0.2) is 48.8 Å². The van der Waals surface area contributed by atoms with E-state index in [1.165, 1.54) is 4.57 Å². The second-order valence-corrected chi connectivity index (χ2v) is 5.57. The van der Waals surface area contributed by atoms with Gasteiger partial charge in [0.1, 0.15) is 11.3 Å². The van der Waals surface area contributed by atoms with Crippen molar-refractivity contribution in [2.45, 2.75) is 25.8 Å². The quantitative estimate of drug-likeness (QED) is 0.576. The molecule has 3 rings (SSSR count). The molecule has 0 bridgehead atoms. The molecule has 1 unspecified atom stereocenters. The average molecular weight is 323 g/mol. The summed E-state index contributed by atoms with van der Waals surface area (Å²) in [6.45, 7) is 3.40. The molecule has 2 heterocycles. The normalized spacial score (nSPS) is 13.6. The first kappa shape index (κ1) is 15.9. The Morgan fingerprint density at radius 1 is 1.21 bits per heavy atom. The molecule has 3 aromatic rings. The number of benzene rings is 1. The number of imidazole rings is 1. The van der Waals surface area contributed by atoms with E-state index in [-0.39, 0.29) is 6.42 Å². The Kier molecular flexibility index (Phi) is 3.89. The van der Waals surface area contributed by atoms with E-state index in [2.05, 4.69) is 9.97 Å². The molecular weight excluding hydrogens is 306 g/mol. The summed E-state index contributed by atoms with van der Waals surface area (Å²) in [4.78, 5) is 33.9. The van der Waals surface area contributed by atoms with Crippen LogP contribution in [0.4, 0.5) is 0 Å². The number of aromatic nitrogens is 3. The van der Waals surface area contributed by atoms with E-state index in [0.29, 0.717) is 22.4 Å². The van der Waals surface area contributed by atoms with E-state index < -0.39 is 17.3 Å². The summed E-state index contributed by atoms with van der Waals surface area (Å²) < 4.78 is 1.52. The second kappa shape index (κ2) is 5.88. The lowest BCUT2D eigenvalue weighted by Gasteiger charge is -2.30. The van der Waals surface area contributed by atoms with Gasteiger partial charge in [0.2, 0.25) is 5.54 Å². The third-order valence-electron chi connectivity index (χ3n) is 4.28. The Morgan fingerprint density at radius 3 is 2.54 bits per heavy atom. The number of Topliss-reactive ketones (excluding diaryl/α,β-unsaturated/α-hetero) is 1. The third-order valence-corrected chi connectivity index (χ3v) is 4.28. The second-order valence-electron chi connectivity index (χ2n) is 5.57. The molecule has 6 heteroatoms. The highest BCUT2D eigenvalue weighted by Crippen LogP contribution is 2.32. The van der Waals surface area contributed by atoms with Gasteiger partial charge in [-0.05, 0) is 19.4 Å². The number of aliphatic carboxylic acids is 1. The van der Waals surface area contributed by atoms with Crippen molar-refractivity contribution in [1.82, 2.24) is 14.5 Å². The number of aryl methyl sites for hydroxylation is 1. The number of hydrogen-bond donors (Lipinski definition) is 1. The fourth-order valence-corrected chi connectivity index (χ4v) is 3.13. The third kappa shape index (κ3) is 2.19. The Balaban J connectivity index is 2.32. The molecule has 0 aliphatic rings. The number of hydrogen-bond acceptors (Lipinski definition) is 4. The summed E-state index contributed by atoms with van der Waals surface area (Å²) in [5, 5.41) is 10.0. The van der Waals surface area contributed by atoms with Crippen molar-refractivity contribution in [1.29, 1.82) is 0 Å². The zero-order valence-electron chi connectivity index (χ0n) is 13.4. The topological polar surface area (TPSA) is 85.1 Å². The van der Waals surface area contributed by atoms with Gasteiger partial charge in [-0.15, -0.1) is 0 Å². The average Bonchev–Trinajstić information content (AvgIpc) is 2.93. The van der Waals surface area contributed by atoms with Gasteiger partial charge in [0, 0.05) is 11.8 Å². The van der Waals surface area contributed by atoms with Gasteiger partial charge in [-0.1, -0.05) is 37.3 Å². The van der Waals surface area contributed by atoms with Crippen molar-refractivity contribution in [3.63, 3.8) is 0 Å². The summed E-state index contributed by atoms with van der Waals surface area (Å²) in [5.41, 5.74) is -0.246. The SMILES string of the molecule is CCC(C(=O)O)(C(=O)c1ccccc1)n1c(C)nc2cnccc21. The van der Waals surface area contributed by atoms with E-state index >= 15 is 0 Å². The standard InChI is InChI=1S/C18H17N3O3/c1-3-18(17(23)24,16(22)13-7-5-4-6-8-13)21-12(2)20-14-11-19-10-9-15(14)21/h4-11H,3H2,1-2H3,(H,23,24). The van der Waals surface area contributed by atoms with Crippen molar-refractivity contribution < 1.29 is 14.7 Å². The smallest absolute Gasteiger partial charge is 0.338 e. The van der Waals surface area contributed by atoms with E-state index in [0.717, 1.165) is 0 Å².